The van der Waals surface area contributed by atoms with Crippen molar-refractivity contribution in [2.24, 2.45) is 0 Å². The van der Waals surface area contributed by atoms with Crippen molar-refractivity contribution in [2.75, 3.05) is 12.0 Å². The number of aryl methyl sites for hydroxylation is 1. The van der Waals surface area contributed by atoms with E-state index in [1.807, 2.05) is 31.2 Å². The number of hydrogen-bond acceptors (Lipinski definition) is 9. The predicted molar refractivity (Wildman–Crippen MR) is 176 cm³/mol. The van der Waals surface area contributed by atoms with E-state index in [4.69, 9.17) is 9.47 Å². The molecule has 11 heteroatoms. The molecule has 1 amide bonds. The van der Waals surface area contributed by atoms with Crippen LogP contribution in [0.3, 0.4) is 0 Å². The Labute approximate surface area is 273 Å². The molecule has 2 heterocycles. The molecule has 0 bridgehead atoms. The van der Waals surface area contributed by atoms with Crippen molar-refractivity contribution in [1.82, 2.24) is 10.2 Å². The number of ether oxygens (including phenoxy) is 2. The van der Waals surface area contributed by atoms with Crippen LogP contribution >= 0.6 is 23.1 Å². The van der Waals surface area contributed by atoms with Crippen LogP contribution in [0.2, 0.25) is 0 Å². The third kappa shape index (κ3) is 6.51. The minimum atomic E-state index is -0.986. The number of aliphatic hydroxyl groups is 1. The van der Waals surface area contributed by atoms with Gasteiger partial charge in [-0.1, -0.05) is 83.3 Å². The molecule has 4 aromatic carbocycles. The normalized spacial score (nSPS) is 15.7. The molecule has 1 aliphatic heterocycles. The summed E-state index contributed by atoms with van der Waals surface area (Å²) in [5, 5.41) is 20.1. The lowest BCUT2D eigenvalue weighted by atomic mass is 9.95. The third-order valence-corrected chi connectivity index (χ3v) is 9.51. The van der Waals surface area contributed by atoms with Gasteiger partial charge in [0.05, 0.1) is 18.7 Å². The number of thioether (sulfide) groups is 1. The van der Waals surface area contributed by atoms with Gasteiger partial charge in [-0.05, 0) is 66.1 Å². The number of benzene rings is 4. The highest BCUT2D eigenvalue weighted by molar-refractivity contribution is 8.00. The average molecular weight is 654 g/mol. The summed E-state index contributed by atoms with van der Waals surface area (Å²) < 4.78 is 25.9. The molecule has 1 N–H and O–H groups in total. The number of aliphatic hydroxyl groups excluding tert-OH is 1. The van der Waals surface area contributed by atoms with Crippen LogP contribution in [0.1, 0.15) is 33.9 Å². The first kappa shape index (κ1) is 31.0. The average Bonchev–Trinajstić information content (AvgIpc) is 3.65. The number of carbonyl (C=O) groups excluding carboxylic acids is 2. The molecular weight excluding hydrogens is 626 g/mol. The van der Waals surface area contributed by atoms with Crippen molar-refractivity contribution < 1.29 is 28.6 Å². The SMILES string of the molecule is COc1ccc(C2/C(=C(\O)c3ccc(OCc4cccc(C)c4)cc3)C(=O)C(=O)N2c2nnc(SCc3ccccc3F)s2)cc1. The molecular formula is C35H28FN3O5S2. The monoisotopic (exact) mass is 653 g/mol. The zero-order valence-corrected chi connectivity index (χ0v) is 26.5. The fraction of sp³-hybridized carbons (Fsp3) is 0.143. The van der Waals surface area contributed by atoms with Crippen molar-refractivity contribution in [2.45, 2.75) is 29.7 Å². The molecule has 0 radical (unpaired) electrons. The summed E-state index contributed by atoms with van der Waals surface area (Å²) in [5.74, 6) is -0.867. The van der Waals surface area contributed by atoms with Crippen molar-refractivity contribution in [1.29, 1.82) is 0 Å². The second-order valence-corrected chi connectivity index (χ2v) is 12.7. The van der Waals surface area contributed by atoms with Crippen LogP contribution in [0.25, 0.3) is 5.76 Å². The molecule has 0 saturated carbocycles. The van der Waals surface area contributed by atoms with E-state index in [0.29, 0.717) is 44.9 Å². The first-order valence-electron chi connectivity index (χ1n) is 14.3. The number of nitrogens with zero attached hydrogens (tertiary/aromatic N) is 3. The highest BCUT2D eigenvalue weighted by Crippen LogP contribution is 2.44. The van der Waals surface area contributed by atoms with Gasteiger partial charge < -0.3 is 14.6 Å². The lowest BCUT2D eigenvalue weighted by molar-refractivity contribution is -0.132. The summed E-state index contributed by atoms with van der Waals surface area (Å²) in [7, 11) is 1.54. The summed E-state index contributed by atoms with van der Waals surface area (Å²) in [5.41, 5.74) is 3.49. The number of anilines is 1. The second-order valence-electron chi connectivity index (χ2n) is 10.5. The maximum absolute atomic E-state index is 14.2. The van der Waals surface area contributed by atoms with E-state index in [1.165, 1.54) is 29.8 Å². The molecule has 1 saturated heterocycles. The van der Waals surface area contributed by atoms with Crippen LogP contribution in [0.5, 0.6) is 11.5 Å². The van der Waals surface area contributed by atoms with Crippen LogP contribution in [0.4, 0.5) is 9.52 Å². The van der Waals surface area contributed by atoms with Gasteiger partial charge in [0, 0.05) is 11.3 Å². The quantitative estimate of drug-likeness (QED) is 0.0544. The molecule has 232 valence electrons. The minimum absolute atomic E-state index is 0.0839. The Bertz CT molecular complexity index is 1930. The molecule has 6 rings (SSSR count). The molecule has 5 aromatic rings. The Kier molecular flexibility index (Phi) is 9.13. The number of carbonyl (C=O) groups is 2. The molecule has 8 nitrogen and oxygen atoms in total. The van der Waals surface area contributed by atoms with Crippen molar-refractivity contribution >= 4 is 45.7 Å². The van der Waals surface area contributed by atoms with Gasteiger partial charge in [0.2, 0.25) is 5.13 Å². The van der Waals surface area contributed by atoms with Gasteiger partial charge in [-0.15, -0.1) is 10.2 Å². The molecule has 46 heavy (non-hydrogen) atoms. The molecule has 1 fully saturated rings. The predicted octanol–water partition coefficient (Wildman–Crippen LogP) is 7.49. The molecule has 1 unspecified atom stereocenters. The zero-order valence-electron chi connectivity index (χ0n) is 24.8. The van der Waals surface area contributed by atoms with E-state index in [9.17, 15) is 19.1 Å². The number of Topliss-reactive ketones (excluding diaryl/α,β-unsaturated/α-hetero) is 1. The van der Waals surface area contributed by atoms with E-state index in [2.05, 4.69) is 10.2 Å². The number of rotatable bonds is 10. The van der Waals surface area contributed by atoms with Crippen LogP contribution in [-0.2, 0) is 21.9 Å². The van der Waals surface area contributed by atoms with Crippen LogP contribution < -0.4 is 14.4 Å². The summed E-state index contributed by atoms with van der Waals surface area (Å²) >= 11 is 2.38. The largest absolute Gasteiger partial charge is 0.507 e. The highest BCUT2D eigenvalue weighted by Gasteiger charge is 2.48. The highest BCUT2D eigenvalue weighted by atomic mass is 32.2. The van der Waals surface area contributed by atoms with E-state index in [0.717, 1.165) is 22.5 Å². The topological polar surface area (TPSA) is 102 Å². The maximum Gasteiger partial charge on any atom is 0.301 e. The van der Waals surface area contributed by atoms with Crippen LogP contribution in [0, 0.1) is 12.7 Å². The summed E-state index contributed by atoms with van der Waals surface area (Å²) in [6, 6.07) is 27.0. The van der Waals surface area contributed by atoms with E-state index in [1.54, 1.807) is 66.7 Å². The Morgan fingerprint density at radius 1 is 0.957 bits per heavy atom. The summed E-state index contributed by atoms with van der Waals surface area (Å²) in [6.07, 6.45) is 0. The number of halogens is 1. The zero-order chi connectivity index (χ0) is 32.2. The molecule has 1 atom stereocenters. The molecule has 1 aromatic heterocycles. The lowest BCUT2D eigenvalue weighted by Gasteiger charge is -2.22. The van der Waals surface area contributed by atoms with Gasteiger partial charge in [-0.25, -0.2) is 4.39 Å². The fourth-order valence-corrected chi connectivity index (χ4v) is 6.93. The fourth-order valence-electron chi connectivity index (χ4n) is 5.08. The first-order chi connectivity index (χ1) is 22.3. The van der Waals surface area contributed by atoms with Crippen molar-refractivity contribution in [3.8, 4) is 11.5 Å². The Balaban J connectivity index is 1.30. The second kappa shape index (κ2) is 13.6. The van der Waals surface area contributed by atoms with Gasteiger partial charge in [0.25, 0.3) is 5.78 Å². The Morgan fingerprint density at radius 3 is 2.41 bits per heavy atom. The molecule has 1 aliphatic rings. The van der Waals surface area contributed by atoms with Crippen molar-refractivity contribution in [3.63, 3.8) is 0 Å². The Morgan fingerprint density at radius 2 is 1.70 bits per heavy atom. The van der Waals surface area contributed by atoms with E-state index < -0.39 is 17.7 Å². The van der Waals surface area contributed by atoms with Crippen LogP contribution in [-0.4, -0.2) is 34.1 Å². The number of amides is 1. The molecule has 0 spiro atoms. The van der Waals surface area contributed by atoms with Gasteiger partial charge in [0.1, 0.15) is 29.7 Å². The van der Waals surface area contributed by atoms with Gasteiger partial charge in [-0.3, -0.25) is 14.5 Å². The van der Waals surface area contributed by atoms with E-state index in [-0.39, 0.29) is 22.3 Å². The van der Waals surface area contributed by atoms with Gasteiger partial charge in [-0.2, -0.15) is 0 Å². The third-order valence-electron chi connectivity index (χ3n) is 7.40. The first-order valence-corrected chi connectivity index (χ1v) is 16.1. The minimum Gasteiger partial charge on any atom is -0.507 e. The number of aromatic nitrogens is 2. The maximum atomic E-state index is 14.2. The number of ketones is 1. The lowest BCUT2D eigenvalue weighted by Crippen LogP contribution is -2.29. The van der Waals surface area contributed by atoms with Gasteiger partial charge >= 0.3 is 5.91 Å². The van der Waals surface area contributed by atoms with Gasteiger partial charge in [0.15, 0.2) is 4.34 Å². The van der Waals surface area contributed by atoms with Crippen LogP contribution in [0.15, 0.2) is 107 Å². The number of methoxy groups -OCH3 is 1. The summed E-state index contributed by atoms with van der Waals surface area (Å²) in [4.78, 5) is 28.4. The smallest absolute Gasteiger partial charge is 0.301 e. The molecule has 0 aliphatic carbocycles. The van der Waals surface area contributed by atoms with E-state index >= 15 is 0 Å². The van der Waals surface area contributed by atoms with Crippen molar-refractivity contribution in [3.05, 3.63) is 136 Å². The standard InChI is InChI=1S/C35H28FN3O5S2/c1-21-6-5-7-22(18-21)19-44-27-16-12-24(13-17-27)31(40)29-30(23-10-14-26(43-2)15-11-23)39(33(42)32(29)41)34-37-38-35(46-34)45-20-25-8-3-4-9-28(25)36/h3-18,30,40H,19-20H2,1-2H3/b31-29+. The summed E-state index contributed by atoms with van der Waals surface area (Å²) in [6.45, 7) is 2.39. The number of hydrogen-bond donors (Lipinski definition) is 1. The Hall–Kier alpha value is -5.00.